The first-order valence-electron chi connectivity index (χ1n) is 5.95. The van der Waals surface area contributed by atoms with Crippen LogP contribution in [0.1, 0.15) is 13.8 Å². The fraction of sp³-hybridized carbons (Fsp3) is 0.500. The topological polar surface area (TPSA) is 24.5 Å². The van der Waals surface area contributed by atoms with Crippen LogP contribution in [0.25, 0.3) is 0 Å². The Morgan fingerprint density at radius 2 is 1.67 bits per heavy atom. The van der Waals surface area contributed by atoms with Gasteiger partial charge in [0.2, 0.25) is 0 Å². The molecule has 1 aliphatic rings. The standard InChI is InChI=1S/C10H11F3N2O.C2H6/c11-7-5-9(10(16-13)6-8(7)12)15-3-1-14-2-4-15;1-2/h5-6,14H,1-4H2;1-2H3. The smallest absolute Gasteiger partial charge is 0.198 e. The molecular weight excluding hydrogens is 245 g/mol. The van der Waals surface area contributed by atoms with E-state index in [2.05, 4.69) is 10.3 Å². The van der Waals surface area contributed by atoms with E-state index in [9.17, 15) is 13.3 Å². The van der Waals surface area contributed by atoms with Gasteiger partial charge < -0.3 is 10.2 Å². The number of benzene rings is 1. The molecule has 1 fully saturated rings. The molecule has 1 saturated heterocycles. The van der Waals surface area contributed by atoms with Gasteiger partial charge in [-0.05, 0) is 0 Å². The molecular formula is C12H17F3N2O. The van der Waals surface area contributed by atoms with E-state index < -0.39 is 11.6 Å². The van der Waals surface area contributed by atoms with E-state index in [1.165, 1.54) is 0 Å². The molecule has 0 atom stereocenters. The van der Waals surface area contributed by atoms with Crippen LogP contribution in [-0.2, 0) is 0 Å². The molecule has 0 bridgehead atoms. The zero-order chi connectivity index (χ0) is 13.5. The number of anilines is 1. The molecule has 1 N–H and O–H groups in total. The first kappa shape index (κ1) is 14.6. The van der Waals surface area contributed by atoms with Crippen molar-refractivity contribution in [3.63, 3.8) is 0 Å². The third-order valence-electron chi connectivity index (χ3n) is 2.54. The molecule has 3 nitrogen and oxygen atoms in total. The van der Waals surface area contributed by atoms with E-state index in [0.29, 0.717) is 32.2 Å². The monoisotopic (exact) mass is 262 g/mol. The first-order chi connectivity index (χ1) is 8.72. The van der Waals surface area contributed by atoms with Crippen LogP contribution in [0.4, 0.5) is 19.0 Å². The Morgan fingerprint density at radius 1 is 1.11 bits per heavy atom. The van der Waals surface area contributed by atoms with Crippen molar-refractivity contribution < 1.29 is 18.2 Å². The fourth-order valence-electron chi connectivity index (χ4n) is 1.73. The van der Waals surface area contributed by atoms with Gasteiger partial charge in [-0.2, -0.15) is 0 Å². The Kier molecular flexibility index (Phi) is 5.77. The van der Waals surface area contributed by atoms with Crippen LogP contribution in [0, 0.1) is 11.6 Å². The lowest BCUT2D eigenvalue weighted by molar-refractivity contribution is -0.00610. The highest BCUT2D eigenvalue weighted by Gasteiger charge is 2.19. The third kappa shape index (κ3) is 3.29. The average Bonchev–Trinajstić information content (AvgIpc) is 2.44. The molecule has 0 saturated carbocycles. The van der Waals surface area contributed by atoms with Gasteiger partial charge in [0.05, 0.1) is 5.69 Å². The molecule has 1 aromatic carbocycles. The Morgan fingerprint density at radius 3 is 2.22 bits per heavy atom. The summed E-state index contributed by atoms with van der Waals surface area (Å²) in [5, 5.41) is 3.10. The lowest BCUT2D eigenvalue weighted by Crippen LogP contribution is -2.43. The Bertz CT molecular complexity index is 382. The highest BCUT2D eigenvalue weighted by molar-refractivity contribution is 5.59. The van der Waals surface area contributed by atoms with Gasteiger partial charge in [0.15, 0.2) is 17.4 Å². The summed E-state index contributed by atoms with van der Waals surface area (Å²) < 4.78 is 38.1. The molecule has 0 spiro atoms. The molecule has 0 aliphatic carbocycles. The Balaban J connectivity index is 0.000000771. The van der Waals surface area contributed by atoms with Crippen molar-refractivity contribution in [1.82, 2.24) is 5.32 Å². The maximum Gasteiger partial charge on any atom is 0.198 e. The second-order valence-electron chi connectivity index (χ2n) is 3.55. The zero-order valence-corrected chi connectivity index (χ0v) is 10.5. The van der Waals surface area contributed by atoms with Crippen LogP contribution < -0.4 is 15.2 Å². The van der Waals surface area contributed by atoms with Gasteiger partial charge in [-0.1, -0.05) is 13.8 Å². The second kappa shape index (κ2) is 7.10. The molecule has 0 aromatic heterocycles. The summed E-state index contributed by atoms with van der Waals surface area (Å²) in [5.74, 6) is -2.42. The Labute approximate surface area is 104 Å². The van der Waals surface area contributed by atoms with E-state index in [4.69, 9.17) is 0 Å². The van der Waals surface area contributed by atoms with Gasteiger partial charge in [0, 0.05) is 42.8 Å². The maximum atomic E-state index is 13.1. The van der Waals surface area contributed by atoms with Crippen LogP contribution in [-0.4, -0.2) is 26.2 Å². The number of hydrogen-bond donors (Lipinski definition) is 1. The van der Waals surface area contributed by atoms with Crippen LogP contribution in [0.15, 0.2) is 12.1 Å². The van der Waals surface area contributed by atoms with E-state index >= 15 is 0 Å². The molecule has 18 heavy (non-hydrogen) atoms. The molecule has 0 unspecified atom stereocenters. The summed E-state index contributed by atoms with van der Waals surface area (Å²) in [7, 11) is 0. The van der Waals surface area contributed by atoms with Crippen LogP contribution >= 0.6 is 0 Å². The highest BCUT2D eigenvalue weighted by atomic mass is 19.3. The third-order valence-corrected chi connectivity index (χ3v) is 2.54. The van der Waals surface area contributed by atoms with Crippen molar-refractivity contribution >= 4 is 5.69 Å². The van der Waals surface area contributed by atoms with Crippen molar-refractivity contribution in [3.05, 3.63) is 23.8 Å². The van der Waals surface area contributed by atoms with Gasteiger partial charge in [-0.25, -0.2) is 8.78 Å². The van der Waals surface area contributed by atoms with Crippen molar-refractivity contribution in [1.29, 1.82) is 0 Å². The lowest BCUT2D eigenvalue weighted by Gasteiger charge is -2.29. The predicted octanol–water partition coefficient (Wildman–Crippen LogP) is 2.66. The van der Waals surface area contributed by atoms with Gasteiger partial charge in [-0.15, -0.1) is 0 Å². The van der Waals surface area contributed by atoms with Crippen molar-refractivity contribution in [2.45, 2.75) is 13.8 Å². The summed E-state index contributed by atoms with van der Waals surface area (Å²) in [4.78, 5) is 5.31. The SMILES string of the molecule is CC.FOc1cc(F)c(F)cc1N1CCNCC1. The molecule has 2 rings (SSSR count). The van der Waals surface area contributed by atoms with Crippen molar-refractivity contribution in [3.8, 4) is 5.75 Å². The largest absolute Gasteiger partial charge is 0.366 e. The van der Waals surface area contributed by atoms with Gasteiger partial charge in [-0.3, -0.25) is 4.94 Å². The molecule has 6 heteroatoms. The van der Waals surface area contributed by atoms with E-state index in [1.807, 2.05) is 13.8 Å². The van der Waals surface area contributed by atoms with Crippen LogP contribution in [0.2, 0.25) is 0 Å². The van der Waals surface area contributed by atoms with Gasteiger partial charge in [0.1, 0.15) is 0 Å². The minimum Gasteiger partial charge on any atom is -0.366 e. The predicted molar refractivity (Wildman–Crippen MR) is 64.5 cm³/mol. The highest BCUT2D eigenvalue weighted by Crippen LogP contribution is 2.31. The number of nitrogens with one attached hydrogen (secondary N) is 1. The molecule has 1 aromatic rings. The average molecular weight is 262 g/mol. The van der Waals surface area contributed by atoms with Crippen LogP contribution in [0.3, 0.4) is 0 Å². The normalized spacial score (nSPS) is 14.8. The summed E-state index contributed by atoms with van der Waals surface area (Å²) in [6.07, 6.45) is 0. The molecule has 0 amide bonds. The fourth-order valence-corrected chi connectivity index (χ4v) is 1.73. The number of hydrogen-bond acceptors (Lipinski definition) is 3. The van der Waals surface area contributed by atoms with Gasteiger partial charge >= 0.3 is 0 Å². The zero-order valence-electron chi connectivity index (χ0n) is 10.5. The van der Waals surface area contributed by atoms with E-state index in [1.54, 1.807) is 4.90 Å². The summed E-state index contributed by atoms with van der Waals surface area (Å²) >= 11 is 0. The number of halogens is 3. The molecule has 1 aliphatic heterocycles. The number of rotatable bonds is 2. The molecule has 102 valence electrons. The van der Waals surface area contributed by atoms with Crippen LogP contribution in [0.5, 0.6) is 5.75 Å². The summed E-state index contributed by atoms with van der Waals surface area (Å²) in [5.41, 5.74) is 0.239. The summed E-state index contributed by atoms with van der Waals surface area (Å²) in [6, 6.07) is 1.67. The van der Waals surface area contributed by atoms with Gasteiger partial charge in [0.25, 0.3) is 0 Å². The van der Waals surface area contributed by atoms with Crippen molar-refractivity contribution in [2.24, 2.45) is 0 Å². The van der Waals surface area contributed by atoms with E-state index in [-0.39, 0.29) is 11.4 Å². The number of piperazine rings is 1. The minimum atomic E-state index is -1.12. The van der Waals surface area contributed by atoms with Crippen molar-refractivity contribution in [2.75, 3.05) is 31.1 Å². The lowest BCUT2D eigenvalue weighted by atomic mass is 10.2. The maximum absolute atomic E-state index is 13.1. The number of nitrogens with zero attached hydrogens (tertiary/aromatic N) is 1. The summed E-state index contributed by atoms with van der Waals surface area (Å²) in [6.45, 7) is 6.62. The minimum absolute atomic E-state index is 0.239. The van der Waals surface area contributed by atoms with E-state index in [0.717, 1.165) is 6.07 Å². The molecule has 1 heterocycles. The Hall–Kier alpha value is -1.43. The second-order valence-corrected chi connectivity index (χ2v) is 3.55. The first-order valence-corrected chi connectivity index (χ1v) is 5.95. The molecule has 0 radical (unpaired) electrons. The quantitative estimate of drug-likeness (QED) is 0.886.